The fourth-order valence-corrected chi connectivity index (χ4v) is 1.17. The first kappa shape index (κ1) is 10.7. The number of para-hydroxylation sites is 1. The van der Waals surface area contributed by atoms with Crippen LogP contribution in [0.4, 0.5) is 11.6 Å². The van der Waals surface area contributed by atoms with Crippen LogP contribution in [0.1, 0.15) is 10.4 Å². The molecule has 3 N–H and O–H groups in total. The Morgan fingerprint density at radius 1 is 1.47 bits per heavy atom. The van der Waals surface area contributed by atoms with Gasteiger partial charge in [0.2, 0.25) is 0 Å². The number of benzene rings is 1. The molecule has 1 aromatic carbocycles. The summed E-state index contributed by atoms with van der Waals surface area (Å²) in [7, 11) is 0. The highest BCUT2D eigenvalue weighted by Crippen LogP contribution is 2.13. The van der Waals surface area contributed by atoms with E-state index in [-0.39, 0.29) is 11.5 Å². The largest absolute Gasteiger partial charge is 0.478 e. The van der Waals surface area contributed by atoms with Gasteiger partial charge in [-0.05, 0) is 17.3 Å². The Hall–Kier alpha value is -2.77. The summed E-state index contributed by atoms with van der Waals surface area (Å²) in [4.78, 5) is 14.7. The topological polar surface area (TPSA) is 116 Å². The molecule has 0 fully saturated rings. The highest BCUT2D eigenvalue weighted by Gasteiger charge is 2.07. The van der Waals surface area contributed by atoms with Crippen molar-refractivity contribution >= 4 is 23.9 Å². The molecule has 0 atom stereocenters. The third-order valence-electron chi connectivity index (χ3n) is 1.89. The smallest absolute Gasteiger partial charge is 0.337 e. The fourth-order valence-electron chi connectivity index (χ4n) is 1.17. The lowest BCUT2D eigenvalue weighted by atomic mass is 10.2. The zero-order valence-corrected chi connectivity index (χ0v) is 8.53. The van der Waals surface area contributed by atoms with E-state index in [0.29, 0.717) is 5.69 Å². The summed E-state index contributed by atoms with van der Waals surface area (Å²) >= 11 is 0. The van der Waals surface area contributed by atoms with Gasteiger partial charge in [0.15, 0.2) is 0 Å². The SMILES string of the molecule is O=C(O)c1ccccc1N/C=N/c1nn[nH]n1. The number of anilines is 1. The lowest BCUT2D eigenvalue weighted by Crippen LogP contribution is -2.04. The molecule has 0 bridgehead atoms. The number of hydrogen-bond acceptors (Lipinski definition) is 5. The monoisotopic (exact) mass is 232 g/mol. The third kappa shape index (κ3) is 2.62. The molecule has 0 amide bonds. The van der Waals surface area contributed by atoms with Crippen molar-refractivity contribution in [3.63, 3.8) is 0 Å². The normalized spacial score (nSPS) is 10.6. The number of carboxylic acids is 1. The summed E-state index contributed by atoms with van der Waals surface area (Å²) < 4.78 is 0. The minimum Gasteiger partial charge on any atom is -0.478 e. The Morgan fingerprint density at radius 3 is 3.00 bits per heavy atom. The molecule has 0 aliphatic rings. The van der Waals surface area contributed by atoms with Gasteiger partial charge in [0, 0.05) is 0 Å². The molecule has 8 nitrogen and oxygen atoms in total. The Labute approximate surface area is 95.4 Å². The maximum absolute atomic E-state index is 10.9. The van der Waals surface area contributed by atoms with Gasteiger partial charge in [-0.1, -0.05) is 17.2 Å². The summed E-state index contributed by atoms with van der Waals surface area (Å²) in [6.45, 7) is 0. The van der Waals surface area contributed by atoms with E-state index in [2.05, 4.69) is 30.9 Å². The molecule has 2 aromatic rings. The predicted molar refractivity (Wildman–Crippen MR) is 59.4 cm³/mol. The number of carbonyl (C=O) groups is 1. The second-order valence-electron chi connectivity index (χ2n) is 2.97. The van der Waals surface area contributed by atoms with Crippen LogP contribution in [0.25, 0.3) is 0 Å². The molecule has 0 spiro atoms. The lowest BCUT2D eigenvalue weighted by Gasteiger charge is -2.03. The van der Waals surface area contributed by atoms with E-state index in [1.54, 1.807) is 18.2 Å². The van der Waals surface area contributed by atoms with Crippen LogP contribution in [0.15, 0.2) is 29.3 Å². The molecule has 2 rings (SSSR count). The lowest BCUT2D eigenvalue weighted by molar-refractivity contribution is 0.0698. The van der Waals surface area contributed by atoms with E-state index in [4.69, 9.17) is 5.11 Å². The maximum Gasteiger partial charge on any atom is 0.337 e. The van der Waals surface area contributed by atoms with Crippen molar-refractivity contribution in [2.75, 3.05) is 5.32 Å². The number of carboxylic acid groups (broad SMARTS) is 1. The second kappa shape index (κ2) is 4.84. The van der Waals surface area contributed by atoms with Crippen LogP contribution >= 0.6 is 0 Å². The van der Waals surface area contributed by atoms with Gasteiger partial charge in [0.25, 0.3) is 5.95 Å². The van der Waals surface area contributed by atoms with Crippen molar-refractivity contribution in [1.29, 1.82) is 0 Å². The Morgan fingerprint density at radius 2 is 2.29 bits per heavy atom. The number of aromatic nitrogens is 4. The first-order chi connectivity index (χ1) is 8.27. The molecule has 86 valence electrons. The number of rotatable bonds is 4. The molecular weight excluding hydrogens is 224 g/mol. The summed E-state index contributed by atoms with van der Waals surface area (Å²) in [6.07, 6.45) is 1.30. The van der Waals surface area contributed by atoms with Gasteiger partial charge in [-0.25, -0.2) is 4.79 Å². The summed E-state index contributed by atoms with van der Waals surface area (Å²) in [5.41, 5.74) is 0.597. The van der Waals surface area contributed by atoms with Gasteiger partial charge in [-0.15, -0.1) is 5.10 Å². The van der Waals surface area contributed by atoms with Crippen molar-refractivity contribution in [3.05, 3.63) is 29.8 Å². The van der Waals surface area contributed by atoms with Crippen molar-refractivity contribution < 1.29 is 9.90 Å². The zero-order chi connectivity index (χ0) is 12.1. The van der Waals surface area contributed by atoms with Crippen LogP contribution in [-0.2, 0) is 0 Å². The number of nitrogens with one attached hydrogen (secondary N) is 2. The quantitative estimate of drug-likeness (QED) is 0.527. The molecule has 17 heavy (non-hydrogen) atoms. The molecule has 1 heterocycles. The molecule has 1 aromatic heterocycles. The van der Waals surface area contributed by atoms with Crippen LogP contribution < -0.4 is 5.32 Å². The average molecular weight is 232 g/mol. The van der Waals surface area contributed by atoms with E-state index >= 15 is 0 Å². The maximum atomic E-state index is 10.9. The molecule has 8 heteroatoms. The molecular formula is C9H8N6O2. The Bertz CT molecular complexity index is 536. The number of tetrazole rings is 1. The van der Waals surface area contributed by atoms with Crippen LogP contribution in [0.3, 0.4) is 0 Å². The van der Waals surface area contributed by atoms with Crippen LogP contribution in [0, 0.1) is 0 Å². The van der Waals surface area contributed by atoms with Crippen molar-refractivity contribution in [2.45, 2.75) is 0 Å². The molecule has 0 radical (unpaired) electrons. The summed E-state index contributed by atoms with van der Waals surface area (Å²) in [5.74, 6) is -0.855. The standard InChI is InChI=1S/C9H8N6O2/c16-8(17)6-3-1-2-4-7(6)10-5-11-9-12-14-15-13-9/h1-5H,(H,16,17)(H2,10,11,12,13,14,15). The van der Waals surface area contributed by atoms with Crippen LogP contribution in [0.5, 0.6) is 0 Å². The Balaban J connectivity index is 2.11. The van der Waals surface area contributed by atoms with Gasteiger partial charge in [-0.3, -0.25) is 0 Å². The number of aromatic amines is 1. The first-order valence-corrected chi connectivity index (χ1v) is 4.62. The Kier molecular flexibility index (Phi) is 3.05. The summed E-state index contributed by atoms with van der Waals surface area (Å²) in [6, 6.07) is 6.49. The predicted octanol–water partition coefficient (Wildman–Crippen LogP) is 0.670. The molecule has 0 aliphatic heterocycles. The van der Waals surface area contributed by atoms with Crippen LogP contribution in [0.2, 0.25) is 0 Å². The van der Waals surface area contributed by atoms with Gasteiger partial charge in [-0.2, -0.15) is 10.2 Å². The first-order valence-electron chi connectivity index (χ1n) is 4.62. The van der Waals surface area contributed by atoms with Crippen molar-refractivity contribution in [3.8, 4) is 0 Å². The number of nitrogens with zero attached hydrogens (tertiary/aromatic N) is 4. The molecule has 0 saturated carbocycles. The third-order valence-corrected chi connectivity index (χ3v) is 1.89. The fraction of sp³-hybridized carbons (Fsp3) is 0. The van der Waals surface area contributed by atoms with Crippen molar-refractivity contribution in [1.82, 2.24) is 20.6 Å². The molecule has 0 saturated heterocycles. The zero-order valence-electron chi connectivity index (χ0n) is 8.53. The highest BCUT2D eigenvalue weighted by atomic mass is 16.4. The number of aromatic carboxylic acids is 1. The highest BCUT2D eigenvalue weighted by molar-refractivity contribution is 5.97. The average Bonchev–Trinajstić information content (AvgIpc) is 2.82. The molecule has 0 unspecified atom stereocenters. The minimum atomic E-state index is -1.01. The van der Waals surface area contributed by atoms with Crippen LogP contribution in [-0.4, -0.2) is 38.0 Å². The number of H-pyrrole nitrogens is 1. The summed E-state index contributed by atoms with van der Waals surface area (Å²) in [5, 5.41) is 24.4. The van der Waals surface area contributed by atoms with Crippen molar-refractivity contribution in [2.24, 2.45) is 4.99 Å². The minimum absolute atomic E-state index is 0.158. The number of aliphatic imine (C=N–C) groups is 1. The van der Waals surface area contributed by atoms with E-state index in [1.165, 1.54) is 12.4 Å². The molecule has 0 aliphatic carbocycles. The van der Waals surface area contributed by atoms with E-state index in [9.17, 15) is 4.79 Å². The van der Waals surface area contributed by atoms with Gasteiger partial charge >= 0.3 is 5.97 Å². The number of hydrogen-bond donors (Lipinski definition) is 3. The second-order valence-corrected chi connectivity index (χ2v) is 2.97. The van der Waals surface area contributed by atoms with Gasteiger partial charge in [0.1, 0.15) is 0 Å². The van der Waals surface area contributed by atoms with E-state index in [1.807, 2.05) is 0 Å². The van der Waals surface area contributed by atoms with Gasteiger partial charge < -0.3 is 10.4 Å². The van der Waals surface area contributed by atoms with E-state index in [0.717, 1.165) is 0 Å². The van der Waals surface area contributed by atoms with E-state index < -0.39 is 5.97 Å². The van der Waals surface area contributed by atoms with Gasteiger partial charge in [0.05, 0.1) is 17.6 Å².